The van der Waals surface area contributed by atoms with Crippen LogP contribution in [0.3, 0.4) is 0 Å². The molecule has 10 amide bonds. The summed E-state index contributed by atoms with van der Waals surface area (Å²) < 4.78 is 0. The lowest BCUT2D eigenvalue weighted by atomic mass is 10.0. The van der Waals surface area contributed by atoms with E-state index in [4.69, 9.17) is 28.7 Å². The first kappa shape index (κ1) is 63.4. The topological polar surface area (TPSA) is 441 Å². The number of nitrogens with one attached hydrogen (secondary N) is 7. The number of nitrogens with two attached hydrogens (primary N) is 5. The third-order valence-electron chi connectivity index (χ3n) is 12.7. The number of aliphatic imine (C=N–C) groups is 1. The molecule has 2 heterocycles. The molecule has 0 aromatic heterocycles. The first-order chi connectivity index (χ1) is 36.2. The zero-order valence-electron chi connectivity index (χ0n) is 43.1. The van der Waals surface area contributed by atoms with Crippen LogP contribution >= 0.6 is 12.6 Å². The largest absolute Gasteiger partial charge is 0.394 e. The zero-order valence-corrected chi connectivity index (χ0v) is 44.0. The van der Waals surface area contributed by atoms with Crippen molar-refractivity contribution in [3.63, 3.8) is 0 Å². The molecule has 2 fully saturated rings. The van der Waals surface area contributed by atoms with Crippen molar-refractivity contribution in [2.24, 2.45) is 39.6 Å². The number of carbonyl (C=O) groups excluding carboxylic acids is 11. The average molecular weight is 1090 g/mol. The van der Waals surface area contributed by atoms with E-state index in [1.807, 2.05) is 0 Å². The summed E-state index contributed by atoms with van der Waals surface area (Å²) in [6.45, 7) is 2.76. The maximum atomic E-state index is 14.5. The molecular weight excluding hydrogens is 1010 g/mol. The Balaban J connectivity index is 1.84. The van der Waals surface area contributed by atoms with E-state index in [0.29, 0.717) is 50.5 Å². The molecule has 2 aliphatic rings. The molecule has 9 atom stereocenters. The molecule has 0 spiro atoms. The number of nitrogens with zero attached hydrogens (tertiary/aromatic N) is 3. The van der Waals surface area contributed by atoms with Gasteiger partial charge in [0, 0.05) is 31.8 Å². The van der Waals surface area contributed by atoms with Crippen molar-refractivity contribution in [2.75, 3.05) is 45.1 Å². The molecule has 3 rings (SSSR count). The van der Waals surface area contributed by atoms with Gasteiger partial charge in [-0.1, -0.05) is 44.2 Å². The van der Waals surface area contributed by atoms with Crippen molar-refractivity contribution in [2.45, 2.75) is 139 Å². The number of benzene rings is 1. The van der Waals surface area contributed by atoms with Gasteiger partial charge in [0.05, 0.1) is 25.6 Å². The maximum Gasteiger partial charge on any atom is 0.246 e. The van der Waals surface area contributed by atoms with Gasteiger partial charge < -0.3 is 85.6 Å². The summed E-state index contributed by atoms with van der Waals surface area (Å²) >= 11 is 4.17. The monoisotopic (exact) mass is 1090 g/mol. The van der Waals surface area contributed by atoms with Crippen LogP contribution in [0.4, 0.5) is 0 Å². The van der Waals surface area contributed by atoms with Crippen molar-refractivity contribution in [1.82, 2.24) is 47.0 Å². The summed E-state index contributed by atoms with van der Waals surface area (Å²) in [7, 11) is 0. The highest BCUT2D eigenvalue weighted by molar-refractivity contribution is 7.80. The maximum absolute atomic E-state index is 14.5. The van der Waals surface area contributed by atoms with Crippen LogP contribution < -0.4 is 65.9 Å². The zero-order chi connectivity index (χ0) is 56.5. The highest BCUT2D eigenvalue weighted by atomic mass is 32.1. The molecule has 1 aromatic rings. The molecule has 27 nitrogen and oxygen atoms in total. The van der Waals surface area contributed by atoms with Crippen molar-refractivity contribution in [3.8, 4) is 0 Å². The molecular formula is C48H77N15O12S. The fraction of sp³-hybridized carbons (Fsp3) is 0.625. The van der Waals surface area contributed by atoms with Gasteiger partial charge in [0.15, 0.2) is 5.96 Å². The summed E-state index contributed by atoms with van der Waals surface area (Å²) in [6, 6.07) is -2.98. The number of primary amides is 1. The van der Waals surface area contributed by atoms with E-state index >= 15 is 0 Å². The number of hydrogen-bond donors (Lipinski definition) is 14. The molecule has 0 bridgehead atoms. The van der Waals surface area contributed by atoms with Gasteiger partial charge in [-0.15, -0.1) is 0 Å². The van der Waals surface area contributed by atoms with Crippen LogP contribution in [0.25, 0.3) is 0 Å². The standard InChI is InChI=1S/C48H77N15O12S/c1-27(2)39(47(75)62-19-9-13-29(62)24-64)61-40(68)30(15-8-18-54-48(52)53)56-45(73)36-16-10-20-63(36)46(74)31(14-6-7-17-49)57-43(71)34(25-65)59-41(69)32(21-28-11-4-3-5-12-28)58-44(72)35(26-76)60-42(70)33(22-37(51)66)55-38(67)23-50/h3-5,11-12,24,27,29-36,39,65,76H,6-10,13-23,25-26,49-50H2,1-2H3,(H2,51,66)(H,55,67)(H,56,73)(H,57,71)(H,58,72)(H,59,69)(H,60,70)(H,61,68)(H4,52,53,54)/t29-,30-,31-,32-,33-,34-,35-,36-,39-/m0/s1. The number of amides is 10. The van der Waals surface area contributed by atoms with E-state index in [1.165, 1.54) is 9.80 Å². The summed E-state index contributed by atoms with van der Waals surface area (Å²) in [6.07, 6.45) is 2.64. The molecule has 18 N–H and O–H groups in total. The first-order valence-corrected chi connectivity index (χ1v) is 26.0. The molecule has 0 unspecified atom stereocenters. The van der Waals surface area contributed by atoms with Gasteiger partial charge in [-0.05, 0) is 75.8 Å². The predicted octanol–water partition coefficient (Wildman–Crippen LogP) is -5.60. The Bertz CT molecular complexity index is 2200. The number of aliphatic hydroxyl groups is 1. The summed E-state index contributed by atoms with van der Waals surface area (Å²) in [5.74, 6) is -8.98. The Morgan fingerprint density at radius 1 is 0.697 bits per heavy atom. The fourth-order valence-corrected chi connectivity index (χ4v) is 8.90. The van der Waals surface area contributed by atoms with Crippen molar-refractivity contribution >= 4 is 83.9 Å². The predicted molar refractivity (Wildman–Crippen MR) is 281 cm³/mol. The number of unbranched alkanes of at least 4 members (excludes halogenated alkanes) is 1. The molecule has 0 radical (unpaired) electrons. The SMILES string of the molecule is CC(C)[C@H](NC(=O)[C@H](CCCN=C(N)N)NC(=O)[C@@H]1CCCN1C(=O)[C@H](CCCCN)NC(=O)[C@H](CO)NC(=O)[C@H](Cc1ccccc1)NC(=O)[C@H](CS)NC(=O)[C@H](CC(N)=O)NC(=O)CN)C(=O)N1CCC[C@H]1C=O. The van der Waals surface area contributed by atoms with Crippen molar-refractivity contribution in [1.29, 1.82) is 0 Å². The van der Waals surface area contributed by atoms with Crippen LogP contribution in [0.2, 0.25) is 0 Å². The fourth-order valence-electron chi connectivity index (χ4n) is 8.65. The van der Waals surface area contributed by atoms with Gasteiger partial charge in [-0.3, -0.25) is 52.9 Å². The van der Waals surface area contributed by atoms with Crippen molar-refractivity contribution < 1.29 is 57.8 Å². The quantitative estimate of drug-likeness (QED) is 0.0105. The number of likely N-dealkylation sites (tertiary alicyclic amines) is 2. The molecule has 28 heteroatoms. The highest BCUT2D eigenvalue weighted by Gasteiger charge is 2.41. The molecule has 2 saturated heterocycles. The van der Waals surface area contributed by atoms with Gasteiger partial charge in [-0.25, -0.2) is 0 Å². The van der Waals surface area contributed by atoms with Crippen LogP contribution in [0.15, 0.2) is 35.3 Å². The smallest absolute Gasteiger partial charge is 0.246 e. The van der Waals surface area contributed by atoms with Gasteiger partial charge in [-0.2, -0.15) is 12.6 Å². The lowest BCUT2D eigenvalue weighted by Gasteiger charge is -2.32. The lowest BCUT2D eigenvalue weighted by Crippen LogP contribution is -2.61. The first-order valence-electron chi connectivity index (χ1n) is 25.4. The van der Waals surface area contributed by atoms with E-state index < -0.39 is 139 Å². The van der Waals surface area contributed by atoms with E-state index in [0.717, 1.165) is 0 Å². The third-order valence-corrected chi connectivity index (χ3v) is 13.1. The van der Waals surface area contributed by atoms with E-state index in [9.17, 15) is 57.8 Å². The summed E-state index contributed by atoms with van der Waals surface area (Å²) in [4.78, 5) is 153. The van der Waals surface area contributed by atoms with Gasteiger partial charge in [0.25, 0.3) is 0 Å². The second-order valence-electron chi connectivity index (χ2n) is 18.9. The van der Waals surface area contributed by atoms with Crippen LogP contribution in [0, 0.1) is 5.92 Å². The number of hydrogen-bond acceptors (Lipinski definition) is 16. The van der Waals surface area contributed by atoms with Gasteiger partial charge in [0.2, 0.25) is 59.1 Å². The van der Waals surface area contributed by atoms with Gasteiger partial charge >= 0.3 is 0 Å². The molecule has 422 valence electrons. The molecule has 0 aliphatic carbocycles. The van der Waals surface area contributed by atoms with E-state index in [1.54, 1.807) is 44.2 Å². The minimum Gasteiger partial charge on any atom is -0.394 e. The Hall–Kier alpha value is -6.91. The summed E-state index contributed by atoms with van der Waals surface area (Å²) in [5.41, 5.74) is 27.9. The van der Waals surface area contributed by atoms with Crippen LogP contribution in [-0.2, 0) is 59.2 Å². The van der Waals surface area contributed by atoms with E-state index in [-0.39, 0.29) is 63.5 Å². The van der Waals surface area contributed by atoms with Crippen LogP contribution in [0.5, 0.6) is 0 Å². The number of guanidine groups is 1. The third kappa shape index (κ3) is 20.0. The number of carbonyl (C=O) groups is 11. The van der Waals surface area contributed by atoms with Crippen LogP contribution in [-0.4, -0.2) is 186 Å². The second-order valence-corrected chi connectivity index (χ2v) is 19.3. The average Bonchev–Trinajstić information content (AvgIpc) is 4.09. The minimum atomic E-state index is -1.69. The Morgan fingerprint density at radius 3 is 1.88 bits per heavy atom. The Labute approximate surface area is 446 Å². The number of rotatable bonds is 32. The normalized spacial score (nSPS) is 17.8. The minimum absolute atomic E-state index is 0.0261. The number of aldehydes is 1. The second kappa shape index (κ2) is 32.5. The van der Waals surface area contributed by atoms with Crippen molar-refractivity contribution in [3.05, 3.63) is 35.9 Å². The number of aliphatic hydroxyl groups excluding tert-OH is 1. The van der Waals surface area contributed by atoms with Gasteiger partial charge in [0.1, 0.15) is 54.6 Å². The molecule has 2 aliphatic heterocycles. The Kier molecular flexibility index (Phi) is 27.1. The summed E-state index contributed by atoms with van der Waals surface area (Å²) in [5, 5.41) is 28.2. The molecule has 0 saturated carbocycles. The lowest BCUT2D eigenvalue weighted by molar-refractivity contribution is -0.143. The number of thiol groups is 1. The molecule has 76 heavy (non-hydrogen) atoms. The molecule has 1 aromatic carbocycles. The Morgan fingerprint density at radius 2 is 1.28 bits per heavy atom. The highest BCUT2D eigenvalue weighted by Crippen LogP contribution is 2.22. The van der Waals surface area contributed by atoms with Crippen LogP contribution in [0.1, 0.15) is 83.6 Å². The van der Waals surface area contributed by atoms with E-state index in [2.05, 4.69) is 54.8 Å².